The molecule has 0 atom stereocenters. The summed E-state index contributed by atoms with van der Waals surface area (Å²) in [5.41, 5.74) is 8.03. The Morgan fingerprint density at radius 3 is 2.16 bits per heavy atom. The Kier molecular flexibility index (Phi) is 16.5. The number of fused-ring (bicyclic) bond motifs is 1. The molecule has 1 aliphatic heterocycles. The Balaban J connectivity index is 0.00000163. The zero-order valence-electron chi connectivity index (χ0n) is 29.4. The predicted octanol–water partition coefficient (Wildman–Crippen LogP) is 5.68. The van der Waals surface area contributed by atoms with E-state index < -0.39 is 11.7 Å². The fourth-order valence-electron chi connectivity index (χ4n) is 5.32. The molecule has 0 saturated carbocycles. The van der Waals surface area contributed by atoms with Gasteiger partial charge in [-0.2, -0.15) is 5.10 Å². The number of hydrogen-bond donors (Lipinski definition) is 3. The van der Waals surface area contributed by atoms with E-state index in [-0.39, 0.29) is 49.1 Å². The number of carbonyl (C=O) groups is 3. The van der Waals surface area contributed by atoms with Gasteiger partial charge in [-0.3, -0.25) is 19.2 Å². The van der Waals surface area contributed by atoms with E-state index in [1.165, 1.54) is 12.1 Å². The summed E-state index contributed by atoms with van der Waals surface area (Å²) >= 11 is 0. The lowest BCUT2D eigenvalue weighted by Gasteiger charge is -2.35. The van der Waals surface area contributed by atoms with Crippen LogP contribution in [0.1, 0.15) is 75.6 Å². The third-order valence-corrected chi connectivity index (χ3v) is 10.0. The van der Waals surface area contributed by atoms with Crippen LogP contribution in [-0.4, -0.2) is 88.5 Å². The molecule has 4 aromatic rings. The number of H-pyrrole nitrogens is 1. The lowest BCUT2D eigenvalue weighted by atomic mass is 10.0. The number of nitrogens with one attached hydrogen (secondary N) is 2. The lowest BCUT2D eigenvalue weighted by molar-refractivity contribution is 0.0532. The maximum absolute atomic E-state index is 14.9. The van der Waals surface area contributed by atoms with Crippen LogP contribution in [0.15, 0.2) is 65.5 Å². The number of benzene rings is 3. The van der Waals surface area contributed by atoms with Crippen LogP contribution in [0.25, 0.3) is 10.8 Å². The van der Waals surface area contributed by atoms with E-state index in [2.05, 4.69) is 15.5 Å². The number of carbonyl (C=O) groups excluding carboxylic acids is 3. The highest BCUT2D eigenvalue weighted by Gasteiger charge is 2.28. The molecule has 3 aromatic carbocycles. The smallest absolute Gasteiger partial charge is 0.272 e. The summed E-state index contributed by atoms with van der Waals surface area (Å²) < 4.78 is 14.9. The van der Waals surface area contributed by atoms with E-state index in [1.54, 1.807) is 73.9 Å². The number of amides is 3. The molecule has 0 unspecified atom stereocenters. The molecule has 3 amide bonds. The number of aromatic nitrogens is 2. The summed E-state index contributed by atoms with van der Waals surface area (Å²) in [7, 11) is 3.31. The van der Waals surface area contributed by atoms with Crippen LogP contribution in [0, 0.1) is 12.7 Å². The molecule has 13 heteroatoms. The molecule has 1 fully saturated rings. The number of halogens is 1. The van der Waals surface area contributed by atoms with E-state index in [0.29, 0.717) is 52.7 Å². The van der Waals surface area contributed by atoms with Crippen molar-refractivity contribution in [2.24, 2.45) is 5.73 Å². The normalized spacial score (nSPS) is 12.4. The minimum Gasteiger partial charge on any atom is -0.351 e. The van der Waals surface area contributed by atoms with Crippen LogP contribution < -0.4 is 16.6 Å². The standard InChI is InChI=1S/C33H35FN6O4S2.2C2H6/c1-21-16-23(30(41)36-9-15-46-45-14-8-35)20-24(17-21)32(43)39-10-12-40(13-11-39)33(44)27-18-22(6-7-28(27)34)19-29-25-4-2-3-5-26(25)31(42)38-37-29;2*1-2/h2-7,16-18,20H,8-15,19,35H2,1H3,(H,36,41)(H,38,42);2*1-2H3. The van der Waals surface area contributed by atoms with Crippen molar-refractivity contribution in [3.63, 3.8) is 0 Å². The largest absolute Gasteiger partial charge is 0.351 e. The quantitative estimate of drug-likeness (QED) is 0.133. The first kappa shape index (κ1) is 40.2. The molecular formula is C37H47FN6O4S2. The van der Waals surface area contributed by atoms with Crippen molar-refractivity contribution >= 4 is 50.1 Å². The number of nitrogens with zero attached hydrogens (tertiary/aromatic N) is 3. The van der Waals surface area contributed by atoms with Crippen LogP contribution in [0.4, 0.5) is 4.39 Å². The SMILES string of the molecule is CC.CC.Cc1cc(C(=O)NCCSSCCN)cc(C(=O)N2CCN(C(=O)c3cc(Cc4n[nH]c(=O)c5ccccc45)ccc3F)CC2)c1. The second-order valence-electron chi connectivity index (χ2n) is 10.9. The van der Waals surface area contributed by atoms with Crippen LogP contribution >= 0.6 is 21.6 Å². The van der Waals surface area contributed by atoms with Crippen molar-refractivity contribution in [2.45, 2.75) is 41.0 Å². The summed E-state index contributed by atoms with van der Waals surface area (Å²) in [4.78, 5) is 54.9. The van der Waals surface area contributed by atoms with E-state index in [1.807, 2.05) is 40.7 Å². The first-order valence-electron chi connectivity index (χ1n) is 16.9. The summed E-state index contributed by atoms with van der Waals surface area (Å²) in [5, 5.41) is 10.8. The highest BCUT2D eigenvalue weighted by atomic mass is 33.1. The van der Waals surface area contributed by atoms with Gasteiger partial charge in [-0.15, -0.1) is 0 Å². The van der Waals surface area contributed by atoms with Gasteiger partial charge in [-0.25, -0.2) is 9.49 Å². The predicted molar refractivity (Wildman–Crippen MR) is 204 cm³/mol. The first-order chi connectivity index (χ1) is 24.2. The first-order valence-corrected chi connectivity index (χ1v) is 19.4. The van der Waals surface area contributed by atoms with Crippen LogP contribution in [0.5, 0.6) is 0 Å². The second-order valence-corrected chi connectivity index (χ2v) is 13.6. The number of hydrogen-bond acceptors (Lipinski definition) is 8. The Morgan fingerprint density at radius 1 is 0.860 bits per heavy atom. The number of aryl methyl sites for hydroxylation is 1. The fraction of sp³-hybridized carbons (Fsp3) is 0.378. The van der Waals surface area contributed by atoms with Gasteiger partial charge in [0, 0.05) is 73.7 Å². The van der Waals surface area contributed by atoms with Crippen molar-refractivity contribution in [3.8, 4) is 0 Å². The van der Waals surface area contributed by atoms with E-state index in [0.717, 1.165) is 17.1 Å². The zero-order valence-corrected chi connectivity index (χ0v) is 31.0. The van der Waals surface area contributed by atoms with Crippen molar-refractivity contribution in [1.82, 2.24) is 25.3 Å². The average Bonchev–Trinajstić information content (AvgIpc) is 3.15. The van der Waals surface area contributed by atoms with Crippen molar-refractivity contribution < 1.29 is 18.8 Å². The molecule has 50 heavy (non-hydrogen) atoms. The topological polar surface area (TPSA) is 141 Å². The molecule has 0 spiro atoms. The van der Waals surface area contributed by atoms with Gasteiger partial charge in [-0.05, 0) is 54.4 Å². The number of piperazine rings is 1. The molecule has 10 nitrogen and oxygen atoms in total. The van der Waals surface area contributed by atoms with Crippen LogP contribution in [0.3, 0.4) is 0 Å². The highest BCUT2D eigenvalue weighted by Crippen LogP contribution is 2.21. The van der Waals surface area contributed by atoms with Gasteiger partial charge in [0.15, 0.2) is 0 Å². The minimum absolute atomic E-state index is 0.0586. The summed E-state index contributed by atoms with van der Waals surface area (Å²) in [6, 6.07) is 16.6. The van der Waals surface area contributed by atoms with Gasteiger partial charge in [-0.1, -0.05) is 73.5 Å². The van der Waals surface area contributed by atoms with E-state index in [9.17, 15) is 23.6 Å². The lowest BCUT2D eigenvalue weighted by Crippen LogP contribution is -2.50. The molecule has 0 bridgehead atoms. The van der Waals surface area contributed by atoms with Gasteiger partial charge in [0.1, 0.15) is 5.82 Å². The van der Waals surface area contributed by atoms with E-state index >= 15 is 0 Å². The molecule has 0 radical (unpaired) electrons. The van der Waals surface area contributed by atoms with E-state index in [4.69, 9.17) is 5.73 Å². The summed E-state index contributed by atoms with van der Waals surface area (Å²) in [5.74, 6) is 0.0295. The number of rotatable bonds is 11. The summed E-state index contributed by atoms with van der Waals surface area (Å²) in [6.07, 6.45) is 0.295. The molecule has 268 valence electrons. The van der Waals surface area contributed by atoms with Crippen LogP contribution in [-0.2, 0) is 6.42 Å². The third-order valence-electron chi connectivity index (χ3n) is 7.60. The van der Waals surface area contributed by atoms with Gasteiger partial charge in [0.2, 0.25) is 0 Å². The maximum atomic E-state index is 14.9. The minimum atomic E-state index is -0.634. The molecule has 1 saturated heterocycles. The molecule has 2 heterocycles. The Labute approximate surface area is 301 Å². The zero-order chi connectivity index (χ0) is 36.6. The molecule has 1 aromatic heterocycles. The molecule has 5 rings (SSSR count). The maximum Gasteiger partial charge on any atom is 0.272 e. The molecule has 1 aliphatic rings. The average molecular weight is 723 g/mol. The van der Waals surface area contributed by atoms with Crippen LogP contribution in [0.2, 0.25) is 0 Å². The molecular weight excluding hydrogens is 676 g/mol. The van der Waals surface area contributed by atoms with Crippen molar-refractivity contribution in [1.29, 1.82) is 0 Å². The molecule has 4 N–H and O–H groups in total. The third kappa shape index (κ3) is 10.6. The second kappa shape index (κ2) is 20.5. The highest BCUT2D eigenvalue weighted by molar-refractivity contribution is 8.76. The Hall–Kier alpha value is -4.20. The summed E-state index contributed by atoms with van der Waals surface area (Å²) in [6.45, 7) is 12.0. The van der Waals surface area contributed by atoms with Gasteiger partial charge in [0.05, 0.1) is 16.6 Å². The fourth-order valence-corrected chi connectivity index (χ4v) is 7.09. The molecule has 0 aliphatic carbocycles. The van der Waals surface area contributed by atoms with Gasteiger partial charge in [0.25, 0.3) is 23.3 Å². The Bertz CT molecular complexity index is 1810. The number of nitrogens with two attached hydrogens (primary N) is 1. The Morgan fingerprint density at radius 2 is 1.48 bits per heavy atom. The number of aromatic amines is 1. The van der Waals surface area contributed by atoms with Crippen molar-refractivity contribution in [2.75, 3.05) is 50.8 Å². The monoisotopic (exact) mass is 722 g/mol. The van der Waals surface area contributed by atoms with Gasteiger partial charge >= 0.3 is 0 Å². The van der Waals surface area contributed by atoms with Gasteiger partial charge < -0.3 is 20.9 Å². The van der Waals surface area contributed by atoms with Crippen molar-refractivity contribution in [3.05, 3.63) is 110 Å².